The summed E-state index contributed by atoms with van der Waals surface area (Å²) in [5.41, 5.74) is 11.0. The molecule has 4 N–H and O–H groups in total. The Kier molecular flexibility index (Phi) is 3.79. The lowest BCUT2D eigenvalue weighted by molar-refractivity contribution is -0.0246. The fourth-order valence-electron chi connectivity index (χ4n) is 1.25. The number of hydrogen-bond acceptors (Lipinski definition) is 4. The van der Waals surface area contributed by atoms with Crippen LogP contribution in [-0.4, -0.2) is 43.9 Å². The zero-order valence-electron chi connectivity index (χ0n) is 6.83. The van der Waals surface area contributed by atoms with Gasteiger partial charge in [0.1, 0.15) is 6.23 Å². The van der Waals surface area contributed by atoms with Gasteiger partial charge in [0.2, 0.25) is 0 Å². The number of morpholine rings is 1. The molecule has 1 heterocycles. The van der Waals surface area contributed by atoms with E-state index in [1.54, 1.807) is 0 Å². The topological polar surface area (TPSA) is 64.5 Å². The molecule has 11 heavy (non-hydrogen) atoms. The van der Waals surface area contributed by atoms with E-state index in [2.05, 4.69) is 4.90 Å². The first kappa shape index (κ1) is 8.93. The Morgan fingerprint density at radius 3 is 3.00 bits per heavy atom. The van der Waals surface area contributed by atoms with Gasteiger partial charge in [-0.1, -0.05) is 0 Å². The molecule has 0 spiro atoms. The van der Waals surface area contributed by atoms with Gasteiger partial charge < -0.3 is 16.2 Å². The van der Waals surface area contributed by atoms with E-state index in [1.807, 2.05) is 0 Å². The molecule has 0 aromatic rings. The first-order chi connectivity index (χ1) is 5.33. The largest absolute Gasteiger partial charge is 0.361 e. The van der Waals surface area contributed by atoms with Crippen LogP contribution >= 0.6 is 0 Å². The summed E-state index contributed by atoms with van der Waals surface area (Å²) in [6, 6.07) is 0. The smallest absolute Gasteiger partial charge is 0.118 e. The average molecular weight is 159 g/mol. The van der Waals surface area contributed by atoms with Crippen molar-refractivity contribution in [1.29, 1.82) is 0 Å². The van der Waals surface area contributed by atoms with Crippen LogP contribution in [0.4, 0.5) is 0 Å². The van der Waals surface area contributed by atoms with Crippen molar-refractivity contribution in [2.45, 2.75) is 12.6 Å². The predicted octanol–water partition coefficient (Wildman–Crippen LogP) is -1.05. The van der Waals surface area contributed by atoms with Crippen molar-refractivity contribution in [1.82, 2.24) is 4.90 Å². The van der Waals surface area contributed by atoms with Crippen LogP contribution in [0.1, 0.15) is 6.42 Å². The van der Waals surface area contributed by atoms with Gasteiger partial charge >= 0.3 is 0 Å². The van der Waals surface area contributed by atoms with Crippen LogP contribution in [0.3, 0.4) is 0 Å². The van der Waals surface area contributed by atoms with Crippen molar-refractivity contribution in [2.75, 3.05) is 32.8 Å². The molecule has 1 unspecified atom stereocenters. The molecule has 1 saturated heterocycles. The number of ether oxygens (including phenoxy) is 1. The van der Waals surface area contributed by atoms with Crippen molar-refractivity contribution in [3.05, 3.63) is 0 Å². The Morgan fingerprint density at radius 2 is 2.36 bits per heavy atom. The van der Waals surface area contributed by atoms with Crippen molar-refractivity contribution >= 4 is 0 Å². The van der Waals surface area contributed by atoms with Gasteiger partial charge in [0.25, 0.3) is 0 Å². The molecule has 4 heteroatoms. The summed E-state index contributed by atoms with van der Waals surface area (Å²) in [5.74, 6) is 0. The summed E-state index contributed by atoms with van der Waals surface area (Å²) in [6.07, 6.45) is 0.953. The Hall–Kier alpha value is -0.160. The minimum atomic E-state index is -0.0958. The van der Waals surface area contributed by atoms with Gasteiger partial charge in [-0.05, 0) is 19.5 Å². The van der Waals surface area contributed by atoms with Gasteiger partial charge in [0.15, 0.2) is 0 Å². The number of hydrogen-bond donors (Lipinski definition) is 2. The molecule has 0 saturated carbocycles. The van der Waals surface area contributed by atoms with Gasteiger partial charge in [0.05, 0.1) is 6.61 Å². The van der Waals surface area contributed by atoms with E-state index in [4.69, 9.17) is 16.2 Å². The van der Waals surface area contributed by atoms with Gasteiger partial charge in [0, 0.05) is 13.1 Å². The molecular weight excluding hydrogens is 142 g/mol. The van der Waals surface area contributed by atoms with E-state index in [0.29, 0.717) is 0 Å². The van der Waals surface area contributed by atoms with Crippen LogP contribution in [0.5, 0.6) is 0 Å². The van der Waals surface area contributed by atoms with Crippen molar-refractivity contribution in [3.8, 4) is 0 Å². The third-order valence-electron chi connectivity index (χ3n) is 1.86. The maximum atomic E-state index is 5.60. The quantitative estimate of drug-likeness (QED) is 0.551. The van der Waals surface area contributed by atoms with Gasteiger partial charge in [-0.25, -0.2) is 0 Å². The van der Waals surface area contributed by atoms with Crippen molar-refractivity contribution < 1.29 is 4.74 Å². The molecule has 1 atom stereocenters. The molecule has 0 aliphatic carbocycles. The Balaban J connectivity index is 2.12. The molecule has 66 valence electrons. The third-order valence-corrected chi connectivity index (χ3v) is 1.86. The standard InChI is InChI=1S/C7H17N3O/c8-2-1-3-10-4-5-11-7(9)6-10/h7H,1-6,8-9H2. The minimum Gasteiger partial charge on any atom is -0.361 e. The summed E-state index contributed by atoms with van der Waals surface area (Å²) in [4.78, 5) is 2.29. The second-order valence-electron chi connectivity index (χ2n) is 2.85. The van der Waals surface area contributed by atoms with Crippen LogP contribution in [0.2, 0.25) is 0 Å². The highest BCUT2D eigenvalue weighted by atomic mass is 16.5. The van der Waals surface area contributed by atoms with Crippen molar-refractivity contribution in [2.24, 2.45) is 11.5 Å². The van der Waals surface area contributed by atoms with E-state index >= 15 is 0 Å². The molecule has 0 amide bonds. The maximum Gasteiger partial charge on any atom is 0.118 e. The highest BCUT2D eigenvalue weighted by Gasteiger charge is 2.15. The third kappa shape index (κ3) is 3.16. The first-order valence-electron chi connectivity index (χ1n) is 4.12. The maximum absolute atomic E-state index is 5.60. The molecule has 1 fully saturated rings. The fraction of sp³-hybridized carbons (Fsp3) is 1.00. The summed E-state index contributed by atoms with van der Waals surface area (Å²) in [5, 5.41) is 0. The molecule has 1 aliphatic rings. The zero-order chi connectivity index (χ0) is 8.10. The number of nitrogens with two attached hydrogens (primary N) is 2. The summed E-state index contributed by atoms with van der Waals surface area (Å²) < 4.78 is 5.19. The second kappa shape index (κ2) is 4.66. The molecule has 0 bridgehead atoms. The molecule has 1 rings (SSSR count). The Bertz CT molecular complexity index is 110. The zero-order valence-corrected chi connectivity index (χ0v) is 6.83. The lowest BCUT2D eigenvalue weighted by Crippen LogP contribution is -2.47. The summed E-state index contributed by atoms with van der Waals surface area (Å²) >= 11 is 0. The molecular formula is C7H17N3O. The molecule has 0 radical (unpaired) electrons. The predicted molar refractivity (Wildman–Crippen MR) is 44.0 cm³/mol. The van der Waals surface area contributed by atoms with Gasteiger partial charge in [-0.2, -0.15) is 0 Å². The Labute approximate surface area is 67.5 Å². The average Bonchev–Trinajstić information content (AvgIpc) is 2.01. The lowest BCUT2D eigenvalue weighted by Gasteiger charge is -2.30. The highest BCUT2D eigenvalue weighted by molar-refractivity contribution is 4.66. The van der Waals surface area contributed by atoms with E-state index in [9.17, 15) is 0 Å². The van der Waals surface area contributed by atoms with Crippen LogP contribution in [0, 0.1) is 0 Å². The van der Waals surface area contributed by atoms with E-state index in [0.717, 1.165) is 39.2 Å². The Morgan fingerprint density at radius 1 is 1.55 bits per heavy atom. The normalized spacial score (nSPS) is 27.3. The monoisotopic (exact) mass is 159 g/mol. The molecule has 0 aromatic carbocycles. The summed E-state index contributed by atoms with van der Waals surface area (Å²) in [7, 11) is 0. The highest BCUT2D eigenvalue weighted by Crippen LogP contribution is 2.00. The number of rotatable bonds is 3. The van der Waals surface area contributed by atoms with Gasteiger partial charge in [-0.15, -0.1) is 0 Å². The van der Waals surface area contributed by atoms with E-state index in [-0.39, 0.29) is 6.23 Å². The van der Waals surface area contributed by atoms with E-state index in [1.165, 1.54) is 0 Å². The molecule has 4 nitrogen and oxygen atoms in total. The number of nitrogens with zero attached hydrogens (tertiary/aromatic N) is 1. The molecule has 1 aliphatic heterocycles. The second-order valence-corrected chi connectivity index (χ2v) is 2.85. The van der Waals surface area contributed by atoms with E-state index < -0.39 is 0 Å². The van der Waals surface area contributed by atoms with Gasteiger partial charge in [-0.3, -0.25) is 4.90 Å². The van der Waals surface area contributed by atoms with Crippen LogP contribution < -0.4 is 11.5 Å². The SMILES string of the molecule is NCCCN1CCOC(N)C1. The van der Waals surface area contributed by atoms with Crippen LogP contribution in [0.25, 0.3) is 0 Å². The first-order valence-corrected chi connectivity index (χ1v) is 4.12. The molecule has 0 aromatic heterocycles. The minimum absolute atomic E-state index is 0.0958. The fourth-order valence-corrected chi connectivity index (χ4v) is 1.25. The van der Waals surface area contributed by atoms with Crippen LogP contribution in [0.15, 0.2) is 0 Å². The van der Waals surface area contributed by atoms with Crippen LogP contribution in [-0.2, 0) is 4.74 Å². The van der Waals surface area contributed by atoms with Crippen molar-refractivity contribution in [3.63, 3.8) is 0 Å². The lowest BCUT2D eigenvalue weighted by atomic mass is 10.3. The summed E-state index contributed by atoms with van der Waals surface area (Å²) in [6.45, 7) is 4.40.